The second-order valence-corrected chi connectivity index (χ2v) is 8.76. The van der Waals surface area contributed by atoms with E-state index in [4.69, 9.17) is 4.74 Å². The Hall–Kier alpha value is -4.21. The van der Waals surface area contributed by atoms with Crippen LogP contribution >= 0.6 is 0 Å². The lowest BCUT2D eigenvalue weighted by atomic mass is 9.96. The number of anilines is 1. The molecule has 1 atom stereocenters. The van der Waals surface area contributed by atoms with Gasteiger partial charge in [0.05, 0.1) is 11.3 Å². The SMILES string of the molecule is O=C(COC(=O)C12CCC(=O)N1c1ccccc1C(=O)N2C1CC1)NC(=O)NCc1ccccc1. The number of nitrogens with zero attached hydrogens (tertiary/aromatic N) is 2. The molecule has 0 aromatic heterocycles. The highest BCUT2D eigenvalue weighted by Gasteiger charge is 2.64. The number of fused-ring (bicyclic) bond motifs is 3. The summed E-state index contributed by atoms with van der Waals surface area (Å²) in [5, 5.41) is 4.67. The van der Waals surface area contributed by atoms with Crippen molar-refractivity contribution in [3.63, 3.8) is 0 Å². The zero-order valence-electron chi connectivity index (χ0n) is 18.9. The third-order valence-corrected chi connectivity index (χ3v) is 6.42. The van der Waals surface area contributed by atoms with E-state index in [9.17, 15) is 24.0 Å². The van der Waals surface area contributed by atoms with Crippen molar-refractivity contribution in [2.75, 3.05) is 11.5 Å². The van der Waals surface area contributed by atoms with Gasteiger partial charge in [0, 0.05) is 25.4 Å². The lowest BCUT2D eigenvalue weighted by Gasteiger charge is -2.48. The molecule has 2 fully saturated rings. The third kappa shape index (κ3) is 4.01. The largest absolute Gasteiger partial charge is 0.452 e. The molecule has 3 aliphatic rings. The first-order valence-corrected chi connectivity index (χ1v) is 11.5. The maximum absolute atomic E-state index is 13.5. The molecule has 10 heteroatoms. The predicted molar refractivity (Wildman–Crippen MR) is 123 cm³/mol. The summed E-state index contributed by atoms with van der Waals surface area (Å²) < 4.78 is 5.31. The Morgan fingerprint density at radius 3 is 2.46 bits per heavy atom. The molecule has 1 saturated carbocycles. The molecule has 180 valence electrons. The molecular weight excluding hydrogens is 452 g/mol. The van der Waals surface area contributed by atoms with E-state index in [0.717, 1.165) is 5.56 Å². The molecule has 1 unspecified atom stereocenters. The van der Waals surface area contributed by atoms with Crippen molar-refractivity contribution in [1.82, 2.24) is 15.5 Å². The number of imide groups is 1. The Morgan fingerprint density at radius 2 is 1.71 bits per heavy atom. The molecule has 1 aliphatic carbocycles. The number of benzene rings is 2. The van der Waals surface area contributed by atoms with E-state index >= 15 is 0 Å². The van der Waals surface area contributed by atoms with Crippen molar-refractivity contribution >= 4 is 35.4 Å². The number of nitrogens with one attached hydrogen (secondary N) is 2. The lowest BCUT2D eigenvalue weighted by molar-refractivity contribution is -0.160. The number of carbonyl (C=O) groups excluding carboxylic acids is 5. The Labute approximate surface area is 201 Å². The van der Waals surface area contributed by atoms with Crippen LogP contribution in [-0.4, -0.2) is 52.9 Å². The van der Waals surface area contributed by atoms with Crippen LogP contribution in [0.1, 0.15) is 41.6 Å². The van der Waals surface area contributed by atoms with Crippen LogP contribution in [0.2, 0.25) is 0 Å². The van der Waals surface area contributed by atoms with Crippen LogP contribution in [0.4, 0.5) is 10.5 Å². The number of ether oxygens (including phenoxy) is 1. The predicted octanol–water partition coefficient (Wildman–Crippen LogP) is 1.70. The van der Waals surface area contributed by atoms with Gasteiger partial charge in [-0.2, -0.15) is 0 Å². The molecule has 2 aromatic rings. The van der Waals surface area contributed by atoms with Gasteiger partial charge in [-0.1, -0.05) is 42.5 Å². The van der Waals surface area contributed by atoms with E-state index in [-0.39, 0.29) is 37.2 Å². The molecule has 5 rings (SSSR count). The van der Waals surface area contributed by atoms with Crippen molar-refractivity contribution < 1.29 is 28.7 Å². The number of amides is 5. The molecule has 2 aliphatic heterocycles. The van der Waals surface area contributed by atoms with Gasteiger partial charge in [-0.15, -0.1) is 0 Å². The van der Waals surface area contributed by atoms with Crippen LogP contribution < -0.4 is 15.5 Å². The van der Waals surface area contributed by atoms with Gasteiger partial charge < -0.3 is 15.0 Å². The van der Waals surface area contributed by atoms with Gasteiger partial charge >= 0.3 is 12.0 Å². The van der Waals surface area contributed by atoms with Gasteiger partial charge in [0.25, 0.3) is 11.8 Å². The van der Waals surface area contributed by atoms with Crippen molar-refractivity contribution in [2.24, 2.45) is 0 Å². The monoisotopic (exact) mass is 476 g/mol. The molecule has 0 radical (unpaired) electrons. The summed E-state index contributed by atoms with van der Waals surface area (Å²) in [6.45, 7) is -0.506. The van der Waals surface area contributed by atoms with Crippen molar-refractivity contribution in [2.45, 2.75) is 43.9 Å². The van der Waals surface area contributed by atoms with Gasteiger partial charge in [-0.25, -0.2) is 9.59 Å². The molecule has 2 N–H and O–H groups in total. The molecule has 0 spiro atoms. The molecule has 1 saturated heterocycles. The maximum atomic E-state index is 13.5. The van der Waals surface area contributed by atoms with E-state index in [0.29, 0.717) is 24.1 Å². The number of hydrogen-bond donors (Lipinski definition) is 2. The number of urea groups is 1. The number of carbonyl (C=O) groups is 5. The summed E-state index contributed by atoms with van der Waals surface area (Å²) in [5.74, 6) is -2.32. The van der Waals surface area contributed by atoms with E-state index in [2.05, 4.69) is 10.6 Å². The molecule has 2 heterocycles. The summed E-state index contributed by atoms with van der Waals surface area (Å²) in [6.07, 6.45) is 1.56. The topological polar surface area (TPSA) is 125 Å². The second kappa shape index (κ2) is 8.86. The first-order valence-electron chi connectivity index (χ1n) is 11.5. The normalized spacial score (nSPS) is 20.7. The summed E-state index contributed by atoms with van der Waals surface area (Å²) in [4.78, 5) is 66.8. The average Bonchev–Trinajstić information content (AvgIpc) is 3.64. The Kier molecular flexibility index (Phi) is 5.72. The Morgan fingerprint density at radius 1 is 1.00 bits per heavy atom. The highest BCUT2D eigenvalue weighted by atomic mass is 16.5. The fourth-order valence-corrected chi connectivity index (χ4v) is 4.74. The first kappa shape index (κ1) is 22.6. The summed E-state index contributed by atoms with van der Waals surface area (Å²) >= 11 is 0. The first-order chi connectivity index (χ1) is 16.9. The van der Waals surface area contributed by atoms with Crippen LogP contribution in [-0.2, 0) is 25.7 Å². The van der Waals surface area contributed by atoms with Crippen molar-refractivity contribution in [1.29, 1.82) is 0 Å². The standard InChI is InChI=1S/C25H24N4O6/c30-20(27-24(34)26-14-16-6-2-1-3-7-16)15-35-23(33)25-13-12-21(31)29(25)19-9-5-4-8-18(19)22(32)28(25)17-10-11-17/h1-9,17H,10-15H2,(H2,26,27,30,34). The minimum absolute atomic E-state index is 0.0635. The quantitative estimate of drug-likeness (QED) is 0.612. The van der Waals surface area contributed by atoms with Gasteiger partial charge in [0.2, 0.25) is 11.6 Å². The van der Waals surface area contributed by atoms with Crippen LogP contribution in [0.25, 0.3) is 0 Å². The smallest absolute Gasteiger partial charge is 0.354 e. The number of esters is 1. The average molecular weight is 476 g/mol. The highest BCUT2D eigenvalue weighted by molar-refractivity contribution is 6.16. The van der Waals surface area contributed by atoms with Gasteiger partial charge in [0.15, 0.2) is 6.61 Å². The van der Waals surface area contributed by atoms with Gasteiger partial charge in [0.1, 0.15) is 0 Å². The fourth-order valence-electron chi connectivity index (χ4n) is 4.74. The number of para-hydroxylation sites is 1. The molecule has 2 aromatic carbocycles. The van der Waals surface area contributed by atoms with Crippen LogP contribution in [0.3, 0.4) is 0 Å². The lowest BCUT2D eigenvalue weighted by Crippen LogP contribution is -2.69. The van der Waals surface area contributed by atoms with Crippen LogP contribution in [0.5, 0.6) is 0 Å². The van der Waals surface area contributed by atoms with Crippen molar-refractivity contribution in [3.05, 3.63) is 65.7 Å². The fraction of sp³-hybridized carbons (Fsp3) is 0.320. The van der Waals surface area contributed by atoms with Crippen LogP contribution in [0, 0.1) is 0 Å². The minimum atomic E-state index is -1.64. The van der Waals surface area contributed by atoms with E-state index in [1.165, 1.54) is 9.80 Å². The van der Waals surface area contributed by atoms with Gasteiger partial charge in [-0.05, 0) is 30.5 Å². The molecule has 0 bridgehead atoms. The maximum Gasteiger partial charge on any atom is 0.354 e. The van der Waals surface area contributed by atoms with E-state index in [1.54, 1.807) is 24.3 Å². The summed E-state index contributed by atoms with van der Waals surface area (Å²) in [6, 6.07) is 14.9. The van der Waals surface area contributed by atoms with Crippen LogP contribution in [0.15, 0.2) is 54.6 Å². The zero-order valence-corrected chi connectivity index (χ0v) is 18.9. The second-order valence-electron chi connectivity index (χ2n) is 8.76. The third-order valence-electron chi connectivity index (χ3n) is 6.42. The van der Waals surface area contributed by atoms with Gasteiger partial charge in [-0.3, -0.25) is 24.6 Å². The minimum Gasteiger partial charge on any atom is -0.452 e. The zero-order chi connectivity index (χ0) is 24.6. The molecule has 35 heavy (non-hydrogen) atoms. The highest BCUT2D eigenvalue weighted by Crippen LogP contribution is 2.49. The summed E-state index contributed by atoms with van der Waals surface area (Å²) in [5.41, 5.74) is -0.0713. The molecular formula is C25H24N4O6. The summed E-state index contributed by atoms with van der Waals surface area (Å²) in [7, 11) is 0. The molecule has 10 nitrogen and oxygen atoms in total. The van der Waals surface area contributed by atoms with E-state index < -0.39 is 30.2 Å². The number of hydrogen-bond acceptors (Lipinski definition) is 6. The Balaban J connectivity index is 1.29. The van der Waals surface area contributed by atoms with E-state index in [1.807, 2.05) is 30.3 Å². The van der Waals surface area contributed by atoms with Crippen molar-refractivity contribution in [3.8, 4) is 0 Å². The number of rotatable bonds is 6. The Bertz CT molecular complexity index is 1210. The molecule has 5 amide bonds.